The summed E-state index contributed by atoms with van der Waals surface area (Å²) in [5.74, 6) is -1.96. The second kappa shape index (κ2) is 13.3. The van der Waals surface area contributed by atoms with Crippen LogP contribution in [0.15, 0.2) is 54.7 Å². The van der Waals surface area contributed by atoms with Crippen molar-refractivity contribution in [1.82, 2.24) is 24.6 Å². The SMILES string of the molecule is Cc1ccc(-n2nc(C(C)(C)C)cc2N(OS(C)(=O)=O)C(=O)Nc2ccc(N3CCN(C(=O)c4c(F)cccc4F)CC3)nc2C)cn1. The predicted molar refractivity (Wildman–Crippen MR) is 176 cm³/mol. The third kappa shape index (κ3) is 7.60. The Bertz CT molecular complexity index is 1930. The van der Waals surface area contributed by atoms with Crippen molar-refractivity contribution >= 4 is 39.4 Å². The van der Waals surface area contributed by atoms with E-state index < -0.39 is 44.7 Å². The van der Waals surface area contributed by atoms with Crippen LogP contribution in [0, 0.1) is 25.5 Å². The molecule has 1 saturated heterocycles. The molecule has 4 heterocycles. The van der Waals surface area contributed by atoms with Crippen molar-refractivity contribution < 1.29 is 31.1 Å². The molecule has 48 heavy (non-hydrogen) atoms. The predicted octanol–water partition coefficient (Wildman–Crippen LogP) is 4.75. The first-order valence-electron chi connectivity index (χ1n) is 15.0. The minimum atomic E-state index is -4.19. The summed E-state index contributed by atoms with van der Waals surface area (Å²) in [5.41, 5.74) is 1.45. The number of amides is 3. The molecule has 3 amide bonds. The molecule has 0 spiro atoms. The molecule has 0 unspecified atom stereocenters. The van der Waals surface area contributed by atoms with Crippen molar-refractivity contribution in [2.24, 2.45) is 0 Å². The van der Waals surface area contributed by atoms with Crippen LogP contribution in [0.2, 0.25) is 0 Å². The lowest BCUT2D eigenvalue weighted by molar-refractivity contribution is 0.0736. The lowest BCUT2D eigenvalue weighted by Crippen LogP contribution is -2.49. The number of pyridine rings is 2. The number of piperazine rings is 1. The zero-order valence-corrected chi connectivity index (χ0v) is 28.2. The van der Waals surface area contributed by atoms with E-state index in [-0.39, 0.29) is 24.6 Å². The van der Waals surface area contributed by atoms with Gasteiger partial charge in [-0.1, -0.05) is 26.8 Å². The Morgan fingerprint density at radius 1 is 0.979 bits per heavy atom. The van der Waals surface area contributed by atoms with Gasteiger partial charge in [0.25, 0.3) is 16.0 Å². The Balaban J connectivity index is 1.36. The van der Waals surface area contributed by atoms with Gasteiger partial charge in [-0.3, -0.25) is 9.78 Å². The third-order valence-electron chi connectivity index (χ3n) is 7.58. The van der Waals surface area contributed by atoms with E-state index in [1.54, 1.807) is 43.5 Å². The number of benzene rings is 1. The molecule has 0 saturated carbocycles. The minimum absolute atomic E-state index is 0.0263. The molecule has 0 bridgehead atoms. The average molecular weight is 683 g/mol. The molecule has 1 aliphatic rings. The molecule has 1 aliphatic heterocycles. The number of hydrogen-bond acceptors (Lipinski definition) is 9. The highest BCUT2D eigenvalue weighted by Gasteiger charge is 2.31. The van der Waals surface area contributed by atoms with E-state index >= 15 is 0 Å². The Kier molecular flexibility index (Phi) is 9.51. The first-order valence-corrected chi connectivity index (χ1v) is 16.8. The molecule has 16 heteroatoms. The standard InChI is InChI=1S/C32H36F2N8O5S/c1-20-10-11-22(19-35-20)41-28(18-26(38-41)32(3,4)5)42(47-48(6,45)46)31(44)37-25-12-13-27(36-21(25)2)39-14-16-40(17-15-39)30(43)29-23(33)8-7-9-24(29)34/h7-13,18-19H,14-17H2,1-6H3,(H,37,44). The monoisotopic (exact) mass is 682 g/mol. The number of urea groups is 1. The Labute approximate surface area is 277 Å². The first kappa shape index (κ1) is 34.4. The van der Waals surface area contributed by atoms with Crippen LogP contribution in [0.4, 0.5) is 30.9 Å². The molecule has 1 aromatic carbocycles. The van der Waals surface area contributed by atoms with Crippen molar-refractivity contribution in [1.29, 1.82) is 0 Å². The van der Waals surface area contributed by atoms with E-state index in [4.69, 9.17) is 4.28 Å². The maximum absolute atomic E-state index is 14.2. The number of aromatic nitrogens is 4. The molecule has 1 N–H and O–H groups in total. The van der Waals surface area contributed by atoms with Gasteiger partial charge in [0.15, 0.2) is 5.82 Å². The number of anilines is 3. The molecule has 0 aliphatic carbocycles. The number of carbonyl (C=O) groups is 2. The smallest absolute Gasteiger partial charge is 0.353 e. The quantitative estimate of drug-likeness (QED) is 0.273. The van der Waals surface area contributed by atoms with E-state index in [2.05, 4.69) is 20.4 Å². The van der Waals surface area contributed by atoms with Crippen LogP contribution >= 0.6 is 0 Å². The molecular weight excluding hydrogens is 646 g/mol. The van der Waals surface area contributed by atoms with Crippen LogP contribution in [-0.2, 0) is 19.8 Å². The van der Waals surface area contributed by atoms with Crippen molar-refractivity contribution in [2.75, 3.05) is 47.7 Å². The first-order chi connectivity index (χ1) is 22.5. The highest BCUT2D eigenvalue weighted by molar-refractivity contribution is 7.86. The highest BCUT2D eigenvalue weighted by Crippen LogP contribution is 2.30. The maximum Gasteiger partial charge on any atom is 0.353 e. The van der Waals surface area contributed by atoms with Gasteiger partial charge in [-0.2, -0.15) is 13.5 Å². The minimum Gasteiger partial charge on any atom is -0.353 e. The van der Waals surface area contributed by atoms with Crippen LogP contribution in [0.3, 0.4) is 0 Å². The van der Waals surface area contributed by atoms with Crippen LogP contribution in [0.1, 0.15) is 48.2 Å². The summed E-state index contributed by atoms with van der Waals surface area (Å²) >= 11 is 0. The van der Waals surface area contributed by atoms with Crippen LogP contribution in [0.25, 0.3) is 5.69 Å². The topological polar surface area (TPSA) is 143 Å². The zero-order valence-electron chi connectivity index (χ0n) is 27.4. The molecule has 3 aromatic heterocycles. The van der Waals surface area contributed by atoms with Gasteiger partial charge in [0.05, 0.1) is 35.2 Å². The van der Waals surface area contributed by atoms with Gasteiger partial charge in [-0.05, 0) is 50.2 Å². The fourth-order valence-electron chi connectivity index (χ4n) is 4.99. The lowest BCUT2D eigenvalue weighted by atomic mass is 9.92. The van der Waals surface area contributed by atoms with Gasteiger partial charge < -0.3 is 15.1 Å². The van der Waals surface area contributed by atoms with Crippen molar-refractivity contribution in [3.05, 3.63) is 89.0 Å². The maximum atomic E-state index is 14.2. The number of carbonyl (C=O) groups excluding carboxylic acids is 2. The van der Waals surface area contributed by atoms with Gasteiger partial charge >= 0.3 is 6.03 Å². The van der Waals surface area contributed by atoms with Crippen molar-refractivity contribution in [3.63, 3.8) is 0 Å². The molecular formula is C32H36F2N8O5S. The van der Waals surface area contributed by atoms with E-state index in [0.29, 0.717) is 41.0 Å². The number of halogens is 2. The Morgan fingerprint density at radius 2 is 1.65 bits per heavy atom. The number of nitrogens with one attached hydrogen (secondary N) is 1. The summed E-state index contributed by atoms with van der Waals surface area (Å²) in [6.45, 7) is 10.4. The average Bonchev–Trinajstić information content (AvgIpc) is 3.47. The molecule has 13 nitrogen and oxygen atoms in total. The van der Waals surface area contributed by atoms with Crippen molar-refractivity contribution in [3.8, 4) is 5.69 Å². The van der Waals surface area contributed by atoms with Gasteiger partial charge in [-0.15, -0.1) is 9.35 Å². The van der Waals surface area contributed by atoms with E-state index in [1.165, 1.54) is 15.6 Å². The second-order valence-corrected chi connectivity index (χ2v) is 13.9. The molecule has 254 valence electrons. The van der Waals surface area contributed by atoms with E-state index in [9.17, 15) is 26.8 Å². The second-order valence-electron chi connectivity index (χ2n) is 12.4. The summed E-state index contributed by atoms with van der Waals surface area (Å²) in [6, 6.07) is 10.7. The van der Waals surface area contributed by atoms with E-state index in [0.717, 1.165) is 24.1 Å². The fourth-order valence-corrected chi connectivity index (χ4v) is 5.40. The largest absolute Gasteiger partial charge is 0.353 e. The van der Waals surface area contributed by atoms with Crippen LogP contribution < -0.4 is 15.3 Å². The van der Waals surface area contributed by atoms with Gasteiger partial charge in [0.2, 0.25) is 0 Å². The summed E-state index contributed by atoms with van der Waals surface area (Å²) in [4.78, 5) is 38.7. The number of rotatable bonds is 7. The summed E-state index contributed by atoms with van der Waals surface area (Å²) in [5, 5.41) is 7.95. The number of nitrogens with zero attached hydrogens (tertiary/aromatic N) is 7. The summed E-state index contributed by atoms with van der Waals surface area (Å²) < 4.78 is 59.7. The highest BCUT2D eigenvalue weighted by atomic mass is 32.2. The Morgan fingerprint density at radius 3 is 2.21 bits per heavy atom. The summed E-state index contributed by atoms with van der Waals surface area (Å²) in [6.07, 6.45) is 2.38. The normalized spacial score (nSPS) is 13.8. The zero-order chi connectivity index (χ0) is 35.0. The Hall–Kier alpha value is -4.96. The number of hydroxylamine groups is 1. The third-order valence-corrected chi connectivity index (χ3v) is 8.00. The van der Waals surface area contributed by atoms with Crippen molar-refractivity contribution in [2.45, 2.75) is 40.0 Å². The molecule has 0 atom stereocenters. The lowest BCUT2D eigenvalue weighted by Gasteiger charge is -2.35. The van der Waals surface area contributed by atoms with Gasteiger partial charge in [0, 0.05) is 43.4 Å². The molecule has 1 fully saturated rings. The van der Waals surface area contributed by atoms with Gasteiger partial charge in [0.1, 0.15) is 23.0 Å². The van der Waals surface area contributed by atoms with Gasteiger partial charge in [-0.25, -0.2) is 23.2 Å². The summed E-state index contributed by atoms with van der Waals surface area (Å²) in [7, 11) is -4.19. The van der Waals surface area contributed by atoms with Crippen LogP contribution in [0.5, 0.6) is 0 Å². The molecule has 4 aromatic rings. The van der Waals surface area contributed by atoms with E-state index in [1.807, 2.05) is 32.6 Å². The molecule has 5 rings (SSSR count). The number of aryl methyl sites for hydroxylation is 2. The number of hydrogen-bond donors (Lipinski definition) is 1. The molecule has 0 radical (unpaired) electrons. The van der Waals surface area contributed by atoms with Crippen LogP contribution in [-0.4, -0.2) is 77.4 Å². The fraction of sp³-hybridized carbons (Fsp3) is 0.344.